The van der Waals surface area contributed by atoms with Gasteiger partial charge in [0.1, 0.15) is 6.10 Å². The normalized spacial score (nSPS) is 40.6. The predicted octanol–water partition coefficient (Wildman–Crippen LogP) is 6.56. The summed E-state index contributed by atoms with van der Waals surface area (Å²) in [5, 5.41) is 9.50. The molecule has 0 aromatic heterocycles. The zero-order valence-electron chi connectivity index (χ0n) is 31.1. The lowest BCUT2D eigenvalue weighted by Gasteiger charge is -2.70. The molecule has 1 N–H and O–H groups in total. The standard InChI is InChI=1S/C40H62N2O6/c1-25(2)33-29(43)22-40(31(44)24-42-19-17-41(8)18-20-42)16-15-38(6)28(34(33)40)9-10-30-37(5)13-12-27(21-26(37)11-14-39(30,38)7)48-32(45)23-36(3,4)35(46)47/h25-28,30H,9-24H2,1-8H3,(H,46,47)/t26-,27-,28+,30+,37-,38+,39+,40-/m0/s1. The number of carboxylic acids is 1. The Kier molecular flexibility index (Phi) is 9.17. The Labute approximate surface area is 288 Å². The molecule has 1 saturated heterocycles. The third kappa shape index (κ3) is 5.54. The first-order valence-electron chi connectivity index (χ1n) is 19.0. The van der Waals surface area contributed by atoms with Gasteiger partial charge in [-0.3, -0.25) is 24.1 Å². The van der Waals surface area contributed by atoms with Crippen molar-refractivity contribution >= 4 is 23.5 Å². The van der Waals surface area contributed by atoms with Crippen molar-refractivity contribution in [2.75, 3.05) is 39.8 Å². The smallest absolute Gasteiger partial charge is 0.309 e. The summed E-state index contributed by atoms with van der Waals surface area (Å²) in [6.07, 6.45) is 8.89. The molecule has 0 bridgehead atoms. The molecule has 8 nitrogen and oxygen atoms in total. The van der Waals surface area contributed by atoms with Gasteiger partial charge in [0.05, 0.1) is 23.8 Å². The zero-order chi connectivity index (χ0) is 35.0. The summed E-state index contributed by atoms with van der Waals surface area (Å²) in [7, 11) is 2.14. The van der Waals surface area contributed by atoms with E-state index in [4.69, 9.17) is 4.74 Å². The third-order valence-electron chi connectivity index (χ3n) is 15.4. The minimum absolute atomic E-state index is 0.00728. The Morgan fingerprint density at radius 3 is 2.27 bits per heavy atom. The van der Waals surface area contributed by atoms with E-state index in [2.05, 4.69) is 51.5 Å². The van der Waals surface area contributed by atoms with Crippen LogP contribution in [0.4, 0.5) is 0 Å². The summed E-state index contributed by atoms with van der Waals surface area (Å²) >= 11 is 0. The molecule has 4 saturated carbocycles. The first kappa shape index (κ1) is 35.8. The number of nitrogens with zero attached hydrogens (tertiary/aromatic N) is 2. The minimum Gasteiger partial charge on any atom is -0.481 e. The Hall–Kier alpha value is -2.06. The molecule has 0 unspecified atom stereocenters. The van der Waals surface area contributed by atoms with Crippen LogP contribution >= 0.6 is 0 Å². The van der Waals surface area contributed by atoms with Crippen molar-refractivity contribution in [2.45, 2.75) is 125 Å². The maximum Gasteiger partial charge on any atom is 0.309 e. The van der Waals surface area contributed by atoms with Crippen LogP contribution in [0, 0.1) is 50.7 Å². The van der Waals surface area contributed by atoms with Crippen LogP contribution in [0.25, 0.3) is 0 Å². The van der Waals surface area contributed by atoms with E-state index < -0.39 is 22.8 Å². The summed E-state index contributed by atoms with van der Waals surface area (Å²) in [6.45, 7) is 19.3. The summed E-state index contributed by atoms with van der Waals surface area (Å²) in [5.74, 6) is 0.479. The van der Waals surface area contributed by atoms with Crippen LogP contribution in [0.1, 0.15) is 119 Å². The Morgan fingerprint density at radius 1 is 0.938 bits per heavy atom. The average molecular weight is 667 g/mol. The van der Waals surface area contributed by atoms with Crippen LogP contribution in [0.3, 0.4) is 0 Å². The number of ether oxygens (including phenoxy) is 1. The second-order valence-electron chi connectivity index (χ2n) is 18.7. The molecule has 8 heteroatoms. The summed E-state index contributed by atoms with van der Waals surface area (Å²) in [5.41, 5.74) is 0.692. The number of hydrogen-bond acceptors (Lipinski definition) is 7. The number of esters is 1. The highest BCUT2D eigenvalue weighted by Crippen LogP contribution is 2.75. The second kappa shape index (κ2) is 12.3. The van der Waals surface area contributed by atoms with Crippen molar-refractivity contribution < 1.29 is 29.0 Å². The van der Waals surface area contributed by atoms with E-state index in [0.29, 0.717) is 24.8 Å². The first-order valence-corrected chi connectivity index (χ1v) is 19.0. The highest BCUT2D eigenvalue weighted by molar-refractivity contribution is 6.07. The van der Waals surface area contributed by atoms with E-state index in [0.717, 1.165) is 89.5 Å². The number of aliphatic carboxylic acids is 1. The van der Waals surface area contributed by atoms with Crippen LogP contribution in [0.2, 0.25) is 0 Å². The zero-order valence-corrected chi connectivity index (χ0v) is 31.1. The maximum atomic E-state index is 14.6. The van der Waals surface area contributed by atoms with Crippen LogP contribution in [-0.4, -0.2) is 84.3 Å². The molecule has 1 heterocycles. The molecule has 6 aliphatic rings. The van der Waals surface area contributed by atoms with E-state index in [9.17, 15) is 24.3 Å². The predicted molar refractivity (Wildman–Crippen MR) is 185 cm³/mol. The van der Waals surface area contributed by atoms with Crippen LogP contribution < -0.4 is 0 Å². The van der Waals surface area contributed by atoms with Crippen molar-refractivity contribution in [3.8, 4) is 0 Å². The fourth-order valence-corrected chi connectivity index (χ4v) is 12.2. The highest BCUT2D eigenvalue weighted by atomic mass is 16.5. The molecule has 0 spiro atoms. The van der Waals surface area contributed by atoms with Gasteiger partial charge < -0.3 is 14.7 Å². The fourth-order valence-electron chi connectivity index (χ4n) is 12.2. The van der Waals surface area contributed by atoms with Crippen molar-refractivity contribution in [2.24, 2.45) is 50.7 Å². The van der Waals surface area contributed by atoms with Gasteiger partial charge >= 0.3 is 11.9 Å². The van der Waals surface area contributed by atoms with Crippen molar-refractivity contribution in [3.05, 3.63) is 11.1 Å². The molecule has 0 amide bonds. The van der Waals surface area contributed by atoms with Gasteiger partial charge in [-0.05, 0) is 130 Å². The lowest BCUT2D eigenvalue weighted by molar-refractivity contribution is -0.204. The van der Waals surface area contributed by atoms with Crippen LogP contribution in [0.5, 0.6) is 0 Å². The fraction of sp³-hybridized carbons (Fsp3) is 0.850. The topological polar surface area (TPSA) is 104 Å². The number of carbonyl (C=O) groups is 4. The SMILES string of the molecule is CC(C)C1=C2[C@H]3CC[C@@H]4[C@@]5(C)CC[C@H](OC(=O)CC(C)(C)C(=O)O)C[C@@H]5CC[C@@]4(C)[C@]3(C)CC[C@@]2(C(=O)CN2CCN(C)CC2)CC1=O. The van der Waals surface area contributed by atoms with E-state index in [1.165, 1.54) is 5.57 Å². The summed E-state index contributed by atoms with van der Waals surface area (Å²) in [6, 6.07) is 0. The molecule has 48 heavy (non-hydrogen) atoms. The maximum absolute atomic E-state index is 14.6. The van der Waals surface area contributed by atoms with E-state index >= 15 is 0 Å². The van der Waals surface area contributed by atoms with E-state index in [-0.39, 0.29) is 52.2 Å². The second-order valence-corrected chi connectivity index (χ2v) is 18.7. The number of ketones is 2. The Bertz CT molecular complexity index is 1380. The van der Waals surface area contributed by atoms with Gasteiger partial charge in [0, 0.05) is 32.6 Å². The number of fused-ring (bicyclic) bond motifs is 7. The van der Waals surface area contributed by atoms with Gasteiger partial charge in [0.15, 0.2) is 11.6 Å². The quantitative estimate of drug-likeness (QED) is 0.291. The molecule has 5 fully saturated rings. The monoisotopic (exact) mass is 666 g/mol. The van der Waals surface area contributed by atoms with Crippen LogP contribution in [0.15, 0.2) is 11.1 Å². The van der Waals surface area contributed by atoms with Gasteiger partial charge in [0.2, 0.25) is 0 Å². The Morgan fingerprint density at radius 2 is 1.62 bits per heavy atom. The molecule has 268 valence electrons. The largest absolute Gasteiger partial charge is 0.481 e. The average Bonchev–Trinajstić information content (AvgIpc) is 3.32. The van der Waals surface area contributed by atoms with Crippen molar-refractivity contribution in [1.29, 1.82) is 0 Å². The molecule has 0 aromatic rings. The van der Waals surface area contributed by atoms with Gasteiger partial charge in [-0.2, -0.15) is 0 Å². The van der Waals surface area contributed by atoms with Gasteiger partial charge in [0.25, 0.3) is 0 Å². The summed E-state index contributed by atoms with van der Waals surface area (Å²) < 4.78 is 5.94. The van der Waals surface area contributed by atoms with E-state index in [1.807, 2.05) is 0 Å². The lowest BCUT2D eigenvalue weighted by atomic mass is 9.34. The Balaban J connectivity index is 1.24. The number of carboxylic acid groups (broad SMARTS) is 1. The molecule has 6 rings (SSSR count). The number of carbonyl (C=O) groups excluding carboxylic acids is 3. The number of likely N-dealkylation sites (N-methyl/N-ethyl adjacent to an activating group) is 1. The molecule has 8 atom stereocenters. The van der Waals surface area contributed by atoms with Crippen molar-refractivity contribution in [1.82, 2.24) is 9.80 Å². The highest BCUT2D eigenvalue weighted by Gasteiger charge is 2.69. The number of Topliss-reactive ketones (excluding diaryl/α,β-unsaturated/α-hetero) is 2. The number of piperazine rings is 1. The van der Waals surface area contributed by atoms with Gasteiger partial charge in [-0.25, -0.2) is 0 Å². The van der Waals surface area contributed by atoms with Gasteiger partial charge in [-0.15, -0.1) is 0 Å². The number of hydrogen-bond donors (Lipinski definition) is 1. The van der Waals surface area contributed by atoms with Crippen LogP contribution in [-0.2, 0) is 23.9 Å². The first-order chi connectivity index (χ1) is 22.4. The molecule has 5 aliphatic carbocycles. The van der Waals surface area contributed by atoms with Crippen molar-refractivity contribution in [3.63, 3.8) is 0 Å². The molecule has 1 aliphatic heterocycles. The third-order valence-corrected chi connectivity index (χ3v) is 15.4. The minimum atomic E-state index is -1.14. The molecular formula is C40H62N2O6. The summed E-state index contributed by atoms with van der Waals surface area (Å²) in [4.78, 5) is 57.5. The lowest BCUT2D eigenvalue weighted by Crippen LogP contribution is -2.64. The van der Waals surface area contributed by atoms with Gasteiger partial charge in [-0.1, -0.05) is 34.6 Å². The number of allylic oxidation sites excluding steroid dienone is 2. The molecule has 0 radical (unpaired) electrons. The number of rotatable bonds is 8. The van der Waals surface area contributed by atoms with E-state index in [1.54, 1.807) is 13.8 Å². The molecular weight excluding hydrogens is 604 g/mol. The molecule has 0 aromatic carbocycles.